The minimum Gasteiger partial charge on any atom is -0.507 e. The van der Waals surface area contributed by atoms with Gasteiger partial charge in [0.05, 0.1) is 15.8 Å². The van der Waals surface area contributed by atoms with Crippen molar-refractivity contribution in [2.75, 3.05) is 4.90 Å². The monoisotopic (exact) mass is 522 g/mol. The molecule has 176 valence electrons. The number of aryl methyl sites for hydroxylation is 1. The van der Waals surface area contributed by atoms with E-state index in [2.05, 4.69) is 4.98 Å². The molecule has 4 heterocycles. The highest BCUT2D eigenvalue weighted by molar-refractivity contribution is 7.22. The van der Waals surface area contributed by atoms with Gasteiger partial charge in [0.25, 0.3) is 5.78 Å². The molecule has 2 aromatic carbocycles. The highest BCUT2D eigenvalue weighted by atomic mass is 35.5. The first kappa shape index (κ1) is 22.3. The molecule has 2 atom stereocenters. The maximum atomic E-state index is 13.4. The highest BCUT2D eigenvalue weighted by Gasteiger charge is 2.48. The number of Topliss-reactive ketones (excluding diaryl/α,β-unsaturated/α-hetero) is 1. The summed E-state index contributed by atoms with van der Waals surface area (Å²) in [4.78, 5) is 33.5. The maximum absolute atomic E-state index is 13.4. The molecule has 6 nitrogen and oxygen atoms in total. The lowest BCUT2D eigenvalue weighted by atomic mass is 9.98. The average Bonchev–Trinajstić information content (AvgIpc) is 3.59. The van der Waals surface area contributed by atoms with Gasteiger partial charge in [-0.1, -0.05) is 29.0 Å². The van der Waals surface area contributed by atoms with Crippen LogP contribution in [0.15, 0.2) is 53.4 Å². The largest absolute Gasteiger partial charge is 0.507 e. The third kappa shape index (κ3) is 3.55. The standard InChI is InChI=1S/C26H19ClN2O4S2/c1-12-8-20-17(11-16(12)27)28-26(35-20)29-22(19-4-3-7-34-19)21(24(31)25(29)32)23(30)14-5-6-18-15(10-14)9-13(2)33-18/h3-8,10-11,13,22,30H,9H2,1-2H3/b23-21+. The number of ketones is 1. The Morgan fingerprint density at radius 2 is 2.06 bits per heavy atom. The first-order valence-corrected chi connectivity index (χ1v) is 13.1. The lowest BCUT2D eigenvalue weighted by Gasteiger charge is -2.21. The van der Waals surface area contributed by atoms with Gasteiger partial charge in [0.15, 0.2) is 5.13 Å². The van der Waals surface area contributed by atoms with Crippen LogP contribution in [0.25, 0.3) is 16.0 Å². The van der Waals surface area contributed by atoms with E-state index < -0.39 is 17.7 Å². The number of carbonyl (C=O) groups is 2. The summed E-state index contributed by atoms with van der Waals surface area (Å²) < 4.78 is 6.63. The number of hydrogen-bond donors (Lipinski definition) is 1. The summed E-state index contributed by atoms with van der Waals surface area (Å²) in [5.74, 6) is -0.885. The number of ether oxygens (including phenoxy) is 1. The second kappa shape index (κ2) is 8.19. The molecule has 1 N–H and O–H groups in total. The number of anilines is 1. The molecule has 4 aromatic rings. The molecule has 6 rings (SSSR count). The van der Waals surface area contributed by atoms with Gasteiger partial charge in [-0.3, -0.25) is 14.5 Å². The summed E-state index contributed by atoms with van der Waals surface area (Å²) in [7, 11) is 0. The predicted molar refractivity (Wildman–Crippen MR) is 139 cm³/mol. The number of benzene rings is 2. The maximum Gasteiger partial charge on any atom is 0.301 e. The molecule has 9 heteroatoms. The van der Waals surface area contributed by atoms with Crippen LogP contribution in [0.2, 0.25) is 5.02 Å². The Bertz CT molecular complexity index is 1520. The Hall–Kier alpha value is -3.20. The van der Waals surface area contributed by atoms with E-state index in [9.17, 15) is 14.7 Å². The summed E-state index contributed by atoms with van der Waals surface area (Å²) in [5, 5.41) is 14.2. The van der Waals surface area contributed by atoms with Crippen molar-refractivity contribution < 1.29 is 19.4 Å². The van der Waals surface area contributed by atoms with Gasteiger partial charge in [0, 0.05) is 21.9 Å². The Morgan fingerprint density at radius 3 is 2.83 bits per heavy atom. The van der Waals surface area contributed by atoms with Crippen LogP contribution in [-0.2, 0) is 16.0 Å². The second-order valence-corrected chi connectivity index (χ2v) is 11.1. The van der Waals surface area contributed by atoms with Crippen molar-refractivity contribution in [1.29, 1.82) is 0 Å². The van der Waals surface area contributed by atoms with E-state index in [1.54, 1.807) is 18.2 Å². The molecule has 0 saturated carbocycles. The number of carbonyl (C=O) groups excluding carboxylic acids is 2. The second-order valence-electron chi connectivity index (χ2n) is 8.71. The molecule has 0 spiro atoms. The lowest BCUT2D eigenvalue weighted by molar-refractivity contribution is -0.132. The van der Waals surface area contributed by atoms with Crippen molar-refractivity contribution in [3.8, 4) is 5.75 Å². The summed E-state index contributed by atoms with van der Waals surface area (Å²) in [5.41, 5.74) is 3.05. The predicted octanol–water partition coefficient (Wildman–Crippen LogP) is 6.27. The number of thiazole rings is 1. The molecular weight excluding hydrogens is 504 g/mol. The Labute approximate surface area is 214 Å². The van der Waals surface area contributed by atoms with Crippen LogP contribution in [0.4, 0.5) is 5.13 Å². The van der Waals surface area contributed by atoms with E-state index in [-0.39, 0.29) is 17.4 Å². The Kier molecular flexibility index (Phi) is 5.21. The molecule has 35 heavy (non-hydrogen) atoms. The van der Waals surface area contributed by atoms with E-state index in [4.69, 9.17) is 16.3 Å². The number of halogens is 1. The third-order valence-corrected chi connectivity index (χ3v) is 8.64. The summed E-state index contributed by atoms with van der Waals surface area (Å²) in [6.07, 6.45) is 0.766. The van der Waals surface area contributed by atoms with Crippen molar-refractivity contribution >= 4 is 67.1 Å². The highest BCUT2D eigenvalue weighted by Crippen LogP contribution is 2.46. The molecule has 2 aromatic heterocycles. The third-order valence-electron chi connectivity index (χ3n) is 6.29. The van der Waals surface area contributed by atoms with Crippen LogP contribution in [-0.4, -0.2) is 27.9 Å². The van der Waals surface area contributed by atoms with Gasteiger partial charge in [-0.2, -0.15) is 0 Å². The number of rotatable bonds is 3. The van der Waals surface area contributed by atoms with Crippen LogP contribution < -0.4 is 9.64 Å². The van der Waals surface area contributed by atoms with Crippen molar-refractivity contribution in [3.05, 3.63) is 80.0 Å². The molecular formula is C26H19ClN2O4S2. The van der Waals surface area contributed by atoms with Gasteiger partial charge in [-0.05, 0) is 66.8 Å². The van der Waals surface area contributed by atoms with Crippen LogP contribution >= 0.6 is 34.3 Å². The lowest BCUT2D eigenvalue weighted by Crippen LogP contribution is -2.28. The Morgan fingerprint density at radius 1 is 1.23 bits per heavy atom. The van der Waals surface area contributed by atoms with Gasteiger partial charge >= 0.3 is 5.91 Å². The van der Waals surface area contributed by atoms with Crippen molar-refractivity contribution in [2.24, 2.45) is 0 Å². The molecule has 1 amide bonds. The zero-order chi connectivity index (χ0) is 24.4. The molecule has 0 aliphatic carbocycles. The van der Waals surface area contributed by atoms with E-state index in [1.807, 2.05) is 43.5 Å². The van der Waals surface area contributed by atoms with Gasteiger partial charge < -0.3 is 9.84 Å². The minimum absolute atomic E-state index is 0.0512. The molecule has 1 fully saturated rings. The van der Waals surface area contributed by atoms with Crippen LogP contribution in [0.3, 0.4) is 0 Å². The minimum atomic E-state index is -0.782. The smallest absolute Gasteiger partial charge is 0.301 e. The van der Waals surface area contributed by atoms with E-state index in [0.717, 1.165) is 26.5 Å². The van der Waals surface area contributed by atoms with Gasteiger partial charge in [0.1, 0.15) is 23.7 Å². The fourth-order valence-corrected chi connectivity index (χ4v) is 6.67. The number of thiophene rings is 1. The summed E-state index contributed by atoms with van der Waals surface area (Å²) in [6.45, 7) is 3.88. The van der Waals surface area contributed by atoms with Crippen molar-refractivity contribution in [2.45, 2.75) is 32.4 Å². The molecule has 0 radical (unpaired) electrons. The number of fused-ring (bicyclic) bond motifs is 2. The molecule has 0 bridgehead atoms. The van der Waals surface area contributed by atoms with Crippen LogP contribution in [0.1, 0.15) is 34.5 Å². The van der Waals surface area contributed by atoms with E-state index >= 15 is 0 Å². The molecule has 1 saturated heterocycles. The Balaban J connectivity index is 1.51. The molecule has 2 unspecified atom stereocenters. The first-order valence-electron chi connectivity index (χ1n) is 11.0. The fourth-order valence-electron chi connectivity index (χ4n) is 4.61. The van der Waals surface area contributed by atoms with Gasteiger partial charge in [0.2, 0.25) is 0 Å². The van der Waals surface area contributed by atoms with Gasteiger partial charge in [-0.25, -0.2) is 4.98 Å². The van der Waals surface area contributed by atoms with Crippen molar-refractivity contribution in [3.63, 3.8) is 0 Å². The summed E-state index contributed by atoms with van der Waals surface area (Å²) >= 11 is 9.02. The quantitative estimate of drug-likeness (QED) is 0.195. The molecule has 2 aliphatic rings. The number of aliphatic hydroxyl groups excluding tert-OH is 1. The number of hydrogen-bond acceptors (Lipinski definition) is 7. The van der Waals surface area contributed by atoms with Crippen LogP contribution in [0, 0.1) is 6.92 Å². The molecule has 2 aliphatic heterocycles. The zero-order valence-corrected chi connectivity index (χ0v) is 21.1. The normalized spacial score (nSPS) is 21.1. The number of aromatic nitrogens is 1. The average molecular weight is 523 g/mol. The van der Waals surface area contributed by atoms with E-state index in [1.165, 1.54) is 27.6 Å². The number of nitrogens with zero attached hydrogens (tertiary/aromatic N) is 2. The summed E-state index contributed by atoms with van der Waals surface area (Å²) in [6, 6.07) is 12.0. The van der Waals surface area contributed by atoms with E-state index in [0.29, 0.717) is 27.7 Å². The first-order chi connectivity index (χ1) is 16.8. The van der Waals surface area contributed by atoms with Crippen molar-refractivity contribution in [1.82, 2.24) is 4.98 Å². The van der Waals surface area contributed by atoms with Gasteiger partial charge in [-0.15, -0.1) is 11.3 Å². The zero-order valence-electron chi connectivity index (χ0n) is 18.7. The fraction of sp³-hybridized carbons (Fsp3) is 0.192. The number of amides is 1. The number of aliphatic hydroxyl groups is 1. The topological polar surface area (TPSA) is 79.7 Å². The van der Waals surface area contributed by atoms with Crippen LogP contribution in [0.5, 0.6) is 5.75 Å². The SMILES string of the molecule is Cc1cc2sc(N3C(=O)C(=O)/C(=C(/O)c4ccc5c(c4)CC(C)O5)C3c3cccs3)nc2cc1Cl.